The van der Waals surface area contributed by atoms with Gasteiger partial charge in [-0.3, -0.25) is 9.59 Å². The lowest BCUT2D eigenvalue weighted by atomic mass is 10.0. The predicted octanol–water partition coefficient (Wildman–Crippen LogP) is 2.17. The van der Waals surface area contributed by atoms with Crippen LogP contribution in [0.4, 0.5) is 5.69 Å². The second-order valence-corrected chi connectivity index (χ2v) is 10.6. The summed E-state index contributed by atoms with van der Waals surface area (Å²) in [6.45, 7) is 5.36. The summed E-state index contributed by atoms with van der Waals surface area (Å²) in [5.74, 6) is -0.113. The third-order valence-electron chi connectivity index (χ3n) is 6.82. The quantitative estimate of drug-likeness (QED) is 0.645. The number of fused-ring (bicyclic) bond motifs is 1. The zero-order valence-corrected chi connectivity index (χ0v) is 19.6. The number of morpholine rings is 1. The highest BCUT2D eigenvalue weighted by atomic mass is 32.2. The molecule has 9 heteroatoms. The van der Waals surface area contributed by atoms with Crippen molar-refractivity contribution in [2.24, 2.45) is 0 Å². The molecule has 0 aliphatic carbocycles. The first-order valence-corrected chi connectivity index (χ1v) is 13.2. The molecule has 1 atom stereocenters. The van der Waals surface area contributed by atoms with E-state index in [9.17, 15) is 18.0 Å². The van der Waals surface area contributed by atoms with Gasteiger partial charge in [0.05, 0.1) is 18.1 Å². The summed E-state index contributed by atoms with van der Waals surface area (Å²) < 4.78 is 33.5. The number of hydrogen-bond donors (Lipinski definition) is 0. The molecule has 0 saturated carbocycles. The van der Waals surface area contributed by atoms with Crippen LogP contribution < -0.4 is 4.90 Å². The number of rotatable bonds is 6. The van der Waals surface area contributed by atoms with Gasteiger partial charge >= 0.3 is 0 Å². The Morgan fingerprint density at radius 2 is 1.78 bits per heavy atom. The van der Waals surface area contributed by atoms with Crippen molar-refractivity contribution in [3.8, 4) is 0 Å². The van der Waals surface area contributed by atoms with Crippen LogP contribution in [-0.2, 0) is 30.8 Å². The summed E-state index contributed by atoms with van der Waals surface area (Å²) in [7, 11) is -3.55. The first kappa shape index (κ1) is 23.2. The average Bonchev–Trinajstić information content (AvgIpc) is 3.26. The maximum atomic E-state index is 13.3. The van der Waals surface area contributed by atoms with Crippen LogP contribution in [0.2, 0.25) is 0 Å². The Balaban J connectivity index is 1.43. The fourth-order valence-corrected chi connectivity index (χ4v) is 6.77. The average molecular weight is 464 g/mol. The second-order valence-electron chi connectivity index (χ2n) is 8.75. The molecular weight excluding hydrogens is 430 g/mol. The minimum atomic E-state index is -3.55. The van der Waals surface area contributed by atoms with Gasteiger partial charge in [-0.15, -0.1) is 0 Å². The molecule has 0 radical (unpaired) electrons. The zero-order valence-electron chi connectivity index (χ0n) is 18.8. The summed E-state index contributed by atoms with van der Waals surface area (Å²) in [5, 5.41) is 0. The van der Waals surface area contributed by atoms with Gasteiger partial charge in [0, 0.05) is 50.7 Å². The van der Waals surface area contributed by atoms with Crippen LogP contribution >= 0.6 is 0 Å². The minimum Gasteiger partial charge on any atom is -0.378 e. The van der Waals surface area contributed by atoms with Gasteiger partial charge in [0.15, 0.2) is 0 Å². The molecule has 3 aliphatic rings. The van der Waals surface area contributed by atoms with Crippen molar-refractivity contribution in [2.75, 3.05) is 44.3 Å². The summed E-state index contributed by atoms with van der Waals surface area (Å²) in [4.78, 5) is 28.9. The van der Waals surface area contributed by atoms with E-state index in [2.05, 4.69) is 0 Å². The molecule has 3 heterocycles. The van der Waals surface area contributed by atoms with E-state index in [1.165, 1.54) is 0 Å². The Labute approximate surface area is 190 Å². The van der Waals surface area contributed by atoms with Crippen molar-refractivity contribution in [2.45, 2.75) is 62.8 Å². The lowest BCUT2D eigenvalue weighted by molar-refractivity contribution is -0.136. The molecule has 1 aromatic carbocycles. The van der Waals surface area contributed by atoms with Gasteiger partial charge in [0.1, 0.15) is 0 Å². The van der Waals surface area contributed by atoms with Gasteiger partial charge in [0.25, 0.3) is 0 Å². The Morgan fingerprint density at radius 1 is 1.03 bits per heavy atom. The number of amides is 2. The van der Waals surface area contributed by atoms with Gasteiger partial charge in [0.2, 0.25) is 21.8 Å². The molecule has 2 saturated heterocycles. The van der Waals surface area contributed by atoms with Crippen molar-refractivity contribution in [3.05, 3.63) is 23.8 Å². The summed E-state index contributed by atoms with van der Waals surface area (Å²) in [5.41, 5.74) is 1.64. The number of sulfonamides is 1. The molecule has 3 aliphatic heterocycles. The van der Waals surface area contributed by atoms with Crippen LogP contribution in [0.25, 0.3) is 0 Å². The number of nitrogens with zero attached hydrogens (tertiary/aromatic N) is 3. The summed E-state index contributed by atoms with van der Waals surface area (Å²) in [6.07, 6.45) is 4.65. The zero-order chi connectivity index (χ0) is 22.7. The topological polar surface area (TPSA) is 87.2 Å². The molecule has 0 spiro atoms. The molecule has 1 aromatic rings. The van der Waals surface area contributed by atoms with Gasteiger partial charge in [-0.2, -0.15) is 4.31 Å². The van der Waals surface area contributed by atoms with Crippen LogP contribution in [0.15, 0.2) is 23.1 Å². The number of benzene rings is 1. The molecule has 8 nitrogen and oxygen atoms in total. The maximum absolute atomic E-state index is 13.3. The van der Waals surface area contributed by atoms with Gasteiger partial charge in [-0.25, -0.2) is 8.42 Å². The minimum absolute atomic E-state index is 0.0190. The molecule has 0 aromatic heterocycles. The second kappa shape index (κ2) is 9.89. The van der Waals surface area contributed by atoms with E-state index >= 15 is 0 Å². The highest BCUT2D eigenvalue weighted by Crippen LogP contribution is 2.33. The summed E-state index contributed by atoms with van der Waals surface area (Å²) >= 11 is 0. The molecule has 4 rings (SSSR count). The van der Waals surface area contributed by atoms with Crippen LogP contribution in [0.1, 0.15) is 51.0 Å². The molecule has 0 N–H and O–H groups in total. The van der Waals surface area contributed by atoms with Crippen LogP contribution in [0.3, 0.4) is 0 Å². The largest absolute Gasteiger partial charge is 0.378 e. The number of anilines is 1. The number of ether oxygens (including phenoxy) is 1. The highest BCUT2D eigenvalue weighted by molar-refractivity contribution is 7.89. The number of carbonyl (C=O) groups excluding carboxylic acids is 2. The van der Waals surface area contributed by atoms with E-state index in [-0.39, 0.29) is 30.7 Å². The smallest absolute Gasteiger partial charge is 0.243 e. The highest BCUT2D eigenvalue weighted by Gasteiger charge is 2.34. The summed E-state index contributed by atoms with van der Waals surface area (Å²) in [6, 6.07) is 5.17. The lowest BCUT2D eigenvalue weighted by Gasteiger charge is -2.34. The van der Waals surface area contributed by atoms with E-state index in [4.69, 9.17) is 4.74 Å². The first-order chi connectivity index (χ1) is 15.4. The molecule has 32 heavy (non-hydrogen) atoms. The Kier molecular flexibility index (Phi) is 7.17. The van der Waals surface area contributed by atoms with E-state index in [0.717, 1.165) is 36.9 Å². The number of hydrogen-bond acceptors (Lipinski definition) is 5. The molecule has 176 valence electrons. The predicted molar refractivity (Wildman–Crippen MR) is 121 cm³/mol. The molecule has 2 fully saturated rings. The fraction of sp³-hybridized carbons (Fsp3) is 0.652. The van der Waals surface area contributed by atoms with Crippen LogP contribution in [0.5, 0.6) is 0 Å². The van der Waals surface area contributed by atoms with Crippen molar-refractivity contribution in [1.29, 1.82) is 0 Å². The van der Waals surface area contributed by atoms with E-state index < -0.39 is 10.0 Å². The number of piperidine rings is 1. The fourth-order valence-electron chi connectivity index (χ4n) is 4.95. The Morgan fingerprint density at radius 3 is 2.53 bits per heavy atom. The van der Waals surface area contributed by atoms with Crippen molar-refractivity contribution in [1.82, 2.24) is 9.21 Å². The number of carbonyl (C=O) groups is 2. The van der Waals surface area contributed by atoms with Gasteiger partial charge in [-0.05, 0) is 49.4 Å². The standard InChI is InChI=1S/C23H33N3O5S/c1-2-19-5-3-4-11-26(19)32(29,30)20-6-7-21-18(17-20)10-12-25(21)23(28)9-8-22(27)24-13-15-31-16-14-24/h6-7,17,19H,2-5,8-16H2,1H3/t19-/m1/s1. The molecule has 0 bridgehead atoms. The van der Waals surface area contributed by atoms with Crippen LogP contribution in [-0.4, -0.2) is 74.9 Å². The van der Waals surface area contributed by atoms with E-state index in [1.807, 2.05) is 6.92 Å². The molecule has 0 unspecified atom stereocenters. The third kappa shape index (κ3) is 4.70. The van der Waals surface area contributed by atoms with Crippen molar-refractivity contribution < 1.29 is 22.7 Å². The third-order valence-corrected chi connectivity index (χ3v) is 8.76. The first-order valence-electron chi connectivity index (χ1n) is 11.7. The monoisotopic (exact) mass is 463 g/mol. The van der Waals surface area contributed by atoms with Gasteiger partial charge < -0.3 is 14.5 Å². The Bertz CT molecular complexity index is 958. The maximum Gasteiger partial charge on any atom is 0.243 e. The Hall–Kier alpha value is -1.97. The van der Waals surface area contributed by atoms with Crippen LogP contribution in [0, 0.1) is 0 Å². The van der Waals surface area contributed by atoms with E-state index in [0.29, 0.717) is 50.7 Å². The van der Waals surface area contributed by atoms with Gasteiger partial charge in [-0.1, -0.05) is 13.3 Å². The van der Waals surface area contributed by atoms with Crippen molar-refractivity contribution >= 4 is 27.5 Å². The SMILES string of the molecule is CC[C@@H]1CCCCN1S(=O)(=O)c1ccc2c(c1)CCN2C(=O)CCC(=O)N1CCOCC1. The normalized spacial score (nSPS) is 22.1. The van der Waals surface area contributed by atoms with E-state index in [1.54, 1.807) is 32.3 Å². The molecule has 2 amide bonds. The molecular formula is C23H33N3O5S. The van der Waals surface area contributed by atoms with Crippen molar-refractivity contribution in [3.63, 3.8) is 0 Å². The lowest BCUT2D eigenvalue weighted by Crippen LogP contribution is -2.43.